The van der Waals surface area contributed by atoms with Gasteiger partial charge in [0.05, 0.1) is 59.9 Å². The summed E-state index contributed by atoms with van der Waals surface area (Å²) in [4.78, 5) is 12.8. The van der Waals surface area contributed by atoms with Gasteiger partial charge in [-0.25, -0.2) is 13.2 Å². The Balaban J connectivity index is 2.09. The van der Waals surface area contributed by atoms with Crippen LogP contribution in [0, 0.1) is 0 Å². The molecular weight excluding hydrogens is 481 g/mol. The number of methoxy groups -OCH3 is 1. The molecule has 6 nitrogen and oxygen atoms in total. The number of halogens is 2. The fraction of sp³-hybridized carbons (Fsp3) is 0.190. The summed E-state index contributed by atoms with van der Waals surface area (Å²) >= 11 is 12.7. The van der Waals surface area contributed by atoms with Crippen LogP contribution >= 0.6 is 23.2 Å². The summed E-state index contributed by atoms with van der Waals surface area (Å²) in [6.45, 7) is 1.63. The van der Waals surface area contributed by atoms with Crippen LogP contribution in [0.4, 0.5) is 0 Å². The van der Waals surface area contributed by atoms with E-state index in [0.29, 0.717) is 11.3 Å². The fourth-order valence-electron chi connectivity index (χ4n) is 3.91. The highest BCUT2D eigenvalue weighted by molar-refractivity contribution is 7.96. The molecule has 2 heterocycles. The van der Waals surface area contributed by atoms with Gasteiger partial charge in [-0.05, 0) is 30.7 Å². The number of nitrogens with one attached hydrogen (secondary N) is 1. The third kappa shape index (κ3) is 3.51. The lowest BCUT2D eigenvalue weighted by molar-refractivity contribution is -0.136. The van der Waals surface area contributed by atoms with Crippen LogP contribution in [-0.2, 0) is 30.2 Å². The average Bonchev–Trinajstić information content (AvgIpc) is 2.82. The predicted molar refractivity (Wildman–Crippen MR) is 119 cm³/mol. The second-order valence-corrected chi connectivity index (χ2v) is 11.1. The lowest BCUT2D eigenvalue weighted by Gasteiger charge is -2.31. The van der Waals surface area contributed by atoms with Gasteiger partial charge in [-0.15, -0.1) is 0 Å². The molecule has 0 saturated carbocycles. The lowest BCUT2D eigenvalue weighted by atomic mass is 9.86. The fourth-order valence-corrected chi connectivity index (χ4v) is 8.02. The number of hydrogen-bond acceptors (Lipinski definition) is 6. The van der Waals surface area contributed by atoms with Gasteiger partial charge < -0.3 is 10.1 Å². The first kappa shape index (κ1) is 22.1. The summed E-state index contributed by atoms with van der Waals surface area (Å²) in [5.74, 6) is -1.85. The summed E-state index contributed by atoms with van der Waals surface area (Å²) in [5, 5.41) is 3.34. The van der Waals surface area contributed by atoms with Crippen molar-refractivity contribution in [3.8, 4) is 0 Å². The van der Waals surface area contributed by atoms with E-state index in [9.17, 15) is 17.4 Å². The first-order valence-corrected chi connectivity index (χ1v) is 12.7. The molecule has 2 unspecified atom stereocenters. The highest BCUT2D eigenvalue weighted by atomic mass is 35.5. The van der Waals surface area contributed by atoms with E-state index >= 15 is 0 Å². The van der Waals surface area contributed by atoms with Crippen molar-refractivity contribution in [1.29, 1.82) is 0 Å². The van der Waals surface area contributed by atoms with Crippen molar-refractivity contribution in [3.63, 3.8) is 0 Å². The Morgan fingerprint density at radius 1 is 1.16 bits per heavy atom. The molecule has 0 aliphatic carbocycles. The summed E-state index contributed by atoms with van der Waals surface area (Å²) in [7, 11) is -4.55. The minimum absolute atomic E-state index is 0.0629. The normalized spacial score (nSPS) is 22.2. The molecule has 0 radical (unpaired) electrons. The molecule has 162 valence electrons. The van der Waals surface area contributed by atoms with Crippen LogP contribution in [0.2, 0.25) is 10.0 Å². The number of rotatable bonds is 2. The molecule has 0 spiro atoms. The molecule has 1 N–H and O–H groups in total. The predicted octanol–water partition coefficient (Wildman–Crippen LogP) is 3.93. The van der Waals surface area contributed by atoms with Gasteiger partial charge in [-0.1, -0.05) is 47.5 Å². The van der Waals surface area contributed by atoms with Gasteiger partial charge in [0, 0.05) is 11.4 Å². The minimum Gasteiger partial charge on any atom is -0.466 e. The smallest absolute Gasteiger partial charge is 0.336 e. The van der Waals surface area contributed by atoms with Crippen molar-refractivity contribution in [3.05, 3.63) is 79.9 Å². The molecule has 0 fully saturated rings. The summed E-state index contributed by atoms with van der Waals surface area (Å²) in [6, 6.07) is 11.0. The Bertz CT molecular complexity index is 1310. The number of ether oxygens (including phenoxy) is 1. The average molecular weight is 498 g/mol. The number of dihydropyridines is 1. The van der Waals surface area contributed by atoms with Crippen LogP contribution in [0.25, 0.3) is 0 Å². The molecule has 2 aromatic carbocycles. The molecule has 31 heavy (non-hydrogen) atoms. The second-order valence-electron chi connectivity index (χ2n) is 7.01. The van der Waals surface area contributed by atoms with E-state index in [1.807, 2.05) is 0 Å². The van der Waals surface area contributed by atoms with Crippen molar-refractivity contribution < 1.29 is 22.2 Å². The van der Waals surface area contributed by atoms with Gasteiger partial charge in [0.1, 0.15) is 0 Å². The maximum Gasteiger partial charge on any atom is 0.336 e. The Kier molecular flexibility index (Phi) is 5.76. The molecule has 0 bridgehead atoms. The van der Waals surface area contributed by atoms with Gasteiger partial charge in [0.2, 0.25) is 9.84 Å². The van der Waals surface area contributed by atoms with Gasteiger partial charge in [-0.3, -0.25) is 4.21 Å². The minimum atomic E-state index is -4.16. The molecular formula is C21H17Cl2NO5S2. The largest absolute Gasteiger partial charge is 0.466 e. The number of sulfone groups is 1. The van der Waals surface area contributed by atoms with Gasteiger partial charge in [-0.2, -0.15) is 0 Å². The highest BCUT2D eigenvalue weighted by Gasteiger charge is 2.45. The Hall–Kier alpha value is -2.13. The zero-order valence-corrected chi connectivity index (χ0v) is 19.6. The van der Waals surface area contributed by atoms with Crippen molar-refractivity contribution >= 4 is 49.8 Å². The van der Waals surface area contributed by atoms with Crippen LogP contribution in [-0.4, -0.2) is 31.5 Å². The first-order chi connectivity index (χ1) is 14.7. The zero-order chi connectivity index (χ0) is 22.5. The molecule has 4 rings (SSSR count). The molecule has 10 heteroatoms. The Morgan fingerprint density at radius 3 is 2.58 bits per heavy atom. The van der Waals surface area contributed by atoms with Crippen LogP contribution in [0.5, 0.6) is 0 Å². The summed E-state index contributed by atoms with van der Waals surface area (Å²) < 4.78 is 45.7. The number of allylic oxidation sites excluding steroid dienone is 2. The number of hydrogen-bond donors (Lipinski definition) is 1. The van der Waals surface area contributed by atoms with Gasteiger partial charge >= 0.3 is 5.97 Å². The maximum absolute atomic E-state index is 13.9. The molecule has 2 aliphatic heterocycles. The second kappa shape index (κ2) is 8.09. The summed E-state index contributed by atoms with van der Waals surface area (Å²) in [5.41, 5.74) is 1.08. The third-order valence-electron chi connectivity index (χ3n) is 5.24. The van der Waals surface area contributed by atoms with E-state index in [2.05, 4.69) is 5.32 Å². The molecule has 2 aromatic rings. The van der Waals surface area contributed by atoms with Gasteiger partial charge in [0.15, 0.2) is 0 Å². The monoisotopic (exact) mass is 497 g/mol. The van der Waals surface area contributed by atoms with Crippen LogP contribution in [0.1, 0.15) is 18.4 Å². The lowest BCUT2D eigenvalue weighted by Crippen LogP contribution is -2.33. The van der Waals surface area contributed by atoms with E-state index in [-0.39, 0.29) is 41.8 Å². The zero-order valence-electron chi connectivity index (χ0n) is 16.4. The van der Waals surface area contributed by atoms with E-state index in [1.165, 1.54) is 19.2 Å². The molecule has 0 saturated heterocycles. The topological polar surface area (TPSA) is 89.5 Å². The Morgan fingerprint density at radius 2 is 1.87 bits per heavy atom. The summed E-state index contributed by atoms with van der Waals surface area (Å²) in [6.07, 6.45) is 0. The number of carbonyl (C=O) groups is 1. The van der Waals surface area contributed by atoms with Crippen molar-refractivity contribution in [2.24, 2.45) is 0 Å². The van der Waals surface area contributed by atoms with E-state index in [4.69, 9.17) is 27.9 Å². The van der Waals surface area contributed by atoms with Crippen molar-refractivity contribution in [2.45, 2.75) is 22.6 Å². The number of esters is 1. The van der Waals surface area contributed by atoms with Gasteiger partial charge in [0.25, 0.3) is 0 Å². The number of fused-ring (bicyclic) bond motifs is 1. The van der Waals surface area contributed by atoms with Crippen LogP contribution in [0.15, 0.2) is 74.1 Å². The van der Waals surface area contributed by atoms with E-state index < -0.39 is 32.5 Å². The Labute approximate surface area is 192 Å². The van der Waals surface area contributed by atoms with E-state index in [1.54, 1.807) is 37.3 Å². The number of carbonyl (C=O) groups excluding carboxylic acids is 1. The quantitative estimate of drug-likeness (QED) is 0.632. The standard InChI is InChI=1S/C21H17Cl2NO5S2/c1-11-17(21(25)29-2)18(12-6-5-7-13(22)19(12)23)20-14(24-11)10-30(26)15-8-3-4-9-16(15)31(20,27)28/h3-9,18,24H,10H2,1-2H3. The van der Waals surface area contributed by atoms with Crippen molar-refractivity contribution in [1.82, 2.24) is 5.32 Å². The van der Waals surface area contributed by atoms with Crippen molar-refractivity contribution in [2.75, 3.05) is 12.9 Å². The SMILES string of the molecule is COC(=O)C1=C(C)NC2=C(C1c1cccc(Cl)c1Cl)S(=O)(=O)c1ccccc1S(=O)C2. The number of benzene rings is 2. The van der Waals surface area contributed by atoms with E-state index in [0.717, 1.165) is 0 Å². The molecule has 0 amide bonds. The first-order valence-electron chi connectivity index (χ1n) is 9.14. The molecule has 0 aromatic heterocycles. The maximum atomic E-state index is 13.9. The molecule has 2 atom stereocenters. The highest BCUT2D eigenvalue weighted by Crippen LogP contribution is 2.48. The molecule has 2 aliphatic rings. The van der Waals surface area contributed by atoms with Crippen LogP contribution in [0.3, 0.4) is 0 Å². The third-order valence-corrected chi connectivity index (χ3v) is 9.59. The van der Waals surface area contributed by atoms with Crippen LogP contribution < -0.4 is 5.32 Å².